The Labute approximate surface area is 173 Å². The van der Waals surface area contributed by atoms with Crippen molar-refractivity contribution in [3.63, 3.8) is 0 Å². The van der Waals surface area contributed by atoms with Crippen LogP contribution in [0.2, 0.25) is 0 Å². The van der Waals surface area contributed by atoms with Crippen molar-refractivity contribution in [3.05, 3.63) is 38.5 Å². The molecule has 0 aliphatic rings. The lowest BCUT2D eigenvalue weighted by atomic mass is 10.0. The molecule has 10 heteroatoms. The molecule has 2 rings (SSSR count). The fourth-order valence-electron chi connectivity index (χ4n) is 2.93. The minimum absolute atomic E-state index is 0.0125. The quantitative estimate of drug-likeness (QED) is 0.301. The number of nitrogens with one attached hydrogen (secondary N) is 1. The van der Waals surface area contributed by atoms with E-state index < -0.39 is 0 Å². The normalized spacial score (nSPS) is 12.3. The van der Waals surface area contributed by atoms with Crippen molar-refractivity contribution >= 4 is 34.2 Å². The number of H-pyrrole nitrogens is 1. The van der Waals surface area contributed by atoms with Crippen LogP contribution in [0.25, 0.3) is 0 Å². The predicted molar refractivity (Wildman–Crippen MR) is 118 cm³/mol. The molecule has 0 radical (unpaired) electrons. The second-order valence-electron chi connectivity index (χ2n) is 7.11. The highest BCUT2D eigenvalue weighted by molar-refractivity contribution is 7.98. The zero-order valence-electron chi connectivity index (χ0n) is 16.9. The first-order chi connectivity index (χ1) is 13.2. The van der Waals surface area contributed by atoms with Crippen LogP contribution in [0.5, 0.6) is 0 Å². The summed E-state index contributed by atoms with van der Waals surface area (Å²) in [6, 6.07) is 0. The molecular formula is C18H29N7OS2. The van der Waals surface area contributed by atoms with E-state index in [0.717, 1.165) is 47.2 Å². The van der Waals surface area contributed by atoms with Gasteiger partial charge in [-0.15, -0.1) is 11.3 Å². The zero-order valence-corrected chi connectivity index (χ0v) is 18.5. The Balaban J connectivity index is 1.87. The van der Waals surface area contributed by atoms with Crippen LogP contribution in [0, 0.1) is 12.8 Å². The third-order valence-electron chi connectivity index (χ3n) is 4.00. The summed E-state index contributed by atoms with van der Waals surface area (Å²) in [6.45, 7) is 5.02. The lowest BCUT2D eigenvalue weighted by Crippen LogP contribution is -2.26. The van der Waals surface area contributed by atoms with E-state index >= 15 is 0 Å². The molecule has 1 unspecified atom stereocenters. The molecule has 0 aliphatic carbocycles. The summed E-state index contributed by atoms with van der Waals surface area (Å²) < 4.78 is 0. The summed E-state index contributed by atoms with van der Waals surface area (Å²) in [5.41, 5.74) is 13.3. The van der Waals surface area contributed by atoms with Crippen LogP contribution in [0.15, 0.2) is 15.2 Å². The van der Waals surface area contributed by atoms with Gasteiger partial charge in [-0.3, -0.25) is 4.79 Å². The minimum Gasteiger partial charge on any atom is -0.370 e. The highest BCUT2D eigenvalue weighted by Crippen LogP contribution is 2.22. The zero-order chi connectivity index (χ0) is 20.7. The first-order valence-corrected chi connectivity index (χ1v) is 11.1. The monoisotopic (exact) mass is 423 g/mol. The molecule has 0 amide bonds. The lowest BCUT2D eigenvalue weighted by molar-refractivity contribution is 0.337. The molecule has 0 aliphatic heterocycles. The predicted octanol–water partition coefficient (Wildman–Crippen LogP) is 1.66. The molecule has 0 saturated heterocycles. The molecule has 1 atom stereocenters. The average molecular weight is 424 g/mol. The second-order valence-corrected chi connectivity index (χ2v) is 9.05. The van der Waals surface area contributed by atoms with Gasteiger partial charge in [0.2, 0.25) is 5.13 Å². The summed E-state index contributed by atoms with van der Waals surface area (Å²) in [5.74, 6) is 2.75. The Hall–Kier alpha value is -1.91. The SMILES string of the molecule is Cc1nc(CCSCc2csc(N=C(N)N)n2)[nH]c(=O)c1CC(C)CN(C)C. The van der Waals surface area contributed by atoms with Crippen molar-refractivity contribution < 1.29 is 0 Å². The van der Waals surface area contributed by atoms with Gasteiger partial charge in [-0.05, 0) is 33.4 Å². The van der Waals surface area contributed by atoms with E-state index in [1.165, 1.54) is 11.3 Å². The standard InChI is InChI=1S/C18H29N7OS2/c1-11(8-25(3)4)7-14-12(2)21-15(23-16(14)26)5-6-27-9-13-10-28-18(22-13)24-17(19)20/h10-11H,5-9H2,1-4H3,(H,21,23,26)(H4,19,20,22,24). The van der Waals surface area contributed by atoms with E-state index in [0.29, 0.717) is 17.5 Å². The summed E-state index contributed by atoms with van der Waals surface area (Å²) in [4.78, 5) is 30.5. The van der Waals surface area contributed by atoms with Gasteiger partial charge in [0.15, 0.2) is 5.96 Å². The maximum absolute atomic E-state index is 12.5. The maximum atomic E-state index is 12.5. The molecule has 2 aromatic rings. The third kappa shape index (κ3) is 7.25. The molecule has 0 saturated carbocycles. The van der Waals surface area contributed by atoms with Crippen molar-refractivity contribution in [3.8, 4) is 0 Å². The number of aromatic nitrogens is 3. The van der Waals surface area contributed by atoms with Crippen LogP contribution in [0.1, 0.15) is 29.7 Å². The molecule has 0 bridgehead atoms. The Bertz CT molecular complexity index is 856. The van der Waals surface area contributed by atoms with Gasteiger partial charge in [-0.25, -0.2) is 9.97 Å². The van der Waals surface area contributed by atoms with E-state index in [-0.39, 0.29) is 11.5 Å². The summed E-state index contributed by atoms with van der Waals surface area (Å²) in [5, 5.41) is 2.51. The maximum Gasteiger partial charge on any atom is 0.254 e. The average Bonchev–Trinajstić information content (AvgIpc) is 3.01. The molecule has 154 valence electrons. The Morgan fingerprint density at radius 1 is 1.39 bits per heavy atom. The van der Waals surface area contributed by atoms with E-state index in [2.05, 4.69) is 31.8 Å². The molecule has 28 heavy (non-hydrogen) atoms. The summed E-state index contributed by atoms with van der Waals surface area (Å²) >= 11 is 3.14. The van der Waals surface area contributed by atoms with Gasteiger partial charge in [0, 0.05) is 41.1 Å². The van der Waals surface area contributed by atoms with Gasteiger partial charge >= 0.3 is 0 Å². The number of aliphatic imine (C=N–C) groups is 1. The largest absolute Gasteiger partial charge is 0.370 e. The van der Waals surface area contributed by atoms with Crippen LogP contribution >= 0.6 is 23.1 Å². The van der Waals surface area contributed by atoms with Crippen molar-refractivity contribution in [2.75, 3.05) is 26.4 Å². The number of hydrogen-bond acceptors (Lipinski definition) is 7. The van der Waals surface area contributed by atoms with Crippen molar-refractivity contribution in [1.82, 2.24) is 19.9 Å². The summed E-state index contributed by atoms with van der Waals surface area (Å²) in [7, 11) is 4.08. The number of thiazole rings is 1. The van der Waals surface area contributed by atoms with Crippen LogP contribution < -0.4 is 17.0 Å². The topological polar surface area (TPSA) is 126 Å². The van der Waals surface area contributed by atoms with Crippen LogP contribution in [0.4, 0.5) is 5.13 Å². The van der Waals surface area contributed by atoms with Crippen molar-refractivity contribution in [1.29, 1.82) is 0 Å². The van der Waals surface area contributed by atoms with E-state index in [1.807, 2.05) is 26.4 Å². The van der Waals surface area contributed by atoms with Crippen LogP contribution in [-0.2, 0) is 18.6 Å². The van der Waals surface area contributed by atoms with E-state index in [1.54, 1.807) is 11.8 Å². The van der Waals surface area contributed by atoms with E-state index in [9.17, 15) is 4.79 Å². The Kier molecular flexibility index (Phi) is 8.46. The van der Waals surface area contributed by atoms with Gasteiger partial charge < -0.3 is 21.4 Å². The van der Waals surface area contributed by atoms with Gasteiger partial charge in [-0.1, -0.05) is 6.92 Å². The summed E-state index contributed by atoms with van der Waals surface area (Å²) in [6.07, 6.45) is 1.45. The smallest absolute Gasteiger partial charge is 0.254 e. The highest BCUT2D eigenvalue weighted by atomic mass is 32.2. The lowest BCUT2D eigenvalue weighted by Gasteiger charge is -2.17. The molecule has 2 aromatic heterocycles. The molecule has 8 nitrogen and oxygen atoms in total. The number of thioether (sulfide) groups is 1. The Morgan fingerprint density at radius 2 is 2.14 bits per heavy atom. The molecule has 0 spiro atoms. The fourth-order valence-corrected chi connectivity index (χ4v) is 4.58. The number of hydrogen-bond donors (Lipinski definition) is 3. The van der Waals surface area contributed by atoms with Gasteiger partial charge in [0.25, 0.3) is 5.56 Å². The molecule has 5 N–H and O–H groups in total. The number of rotatable bonds is 10. The highest BCUT2D eigenvalue weighted by Gasteiger charge is 2.13. The fraction of sp³-hybridized carbons (Fsp3) is 0.556. The molecule has 0 aromatic carbocycles. The van der Waals surface area contributed by atoms with E-state index in [4.69, 9.17) is 11.5 Å². The van der Waals surface area contributed by atoms with Crippen LogP contribution in [0.3, 0.4) is 0 Å². The number of nitrogens with two attached hydrogens (primary N) is 2. The van der Waals surface area contributed by atoms with Crippen LogP contribution in [-0.4, -0.2) is 52.2 Å². The first kappa shape index (κ1) is 22.4. The first-order valence-electron chi connectivity index (χ1n) is 9.09. The molecular weight excluding hydrogens is 394 g/mol. The molecule has 2 heterocycles. The van der Waals surface area contributed by atoms with Gasteiger partial charge in [0.05, 0.1) is 5.69 Å². The Morgan fingerprint density at radius 3 is 2.79 bits per heavy atom. The number of guanidine groups is 1. The number of aryl methyl sites for hydroxylation is 2. The van der Waals surface area contributed by atoms with Crippen molar-refractivity contribution in [2.24, 2.45) is 22.4 Å². The van der Waals surface area contributed by atoms with Crippen molar-refractivity contribution in [2.45, 2.75) is 32.4 Å². The minimum atomic E-state index is -0.0144. The van der Waals surface area contributed by atoms with Gasteiger partial charge in [0.1, 0.15) is 5.82 Å². The molecule has 0 fully saturated rings. The number of nitrogens with zero attached hydrogens (tertiary/aromatic N) is 4. The second kappa shape index (κ2) is 10.6. The van der Waals surface area contributed by atoms with Gasteiger partial charge in [-0.2, -0.15) is 16.8 Å². The number of aromatic amines is 1. The third-order valence-corrected chi connectivity index (χ3v) is 5.77.